The van der Waals surface area contributed by atoms with Crippen molar-refractivity contribution in [3.8, 4) is 0 Å². The molecule has 0 spiro atoms. The van der Waals surface area contributed by atoms with E-state index in [1.807, 2.05) is 12.3 Å². The molecule has 0 saturated carbocycles. The van der Waals surface area contributed by atoms with Crippen molar-refractivity contribution in [3.63, 3.8) is 0 Å². The largest absolute Gasteiger partial charge is 0.381 e. The Labute approximate surface area is 126 Å². The molecule has 4 nitrogen and oxygen atoms in total. The van der Waals surface area contributed by atoms with Crippen molar-refractivity contribution >= 4 is 32.5 Å². The van der Waals surface area contributed by atoms with E-state index in [4.69, 9.17) is 10.5 Å². The molecule has 1 aromatic carbocycles. The third kappa shape index (κ3) is 2.66. The van der Waals surface area contributed by atoms with Gasteiger partial charge in [0.05, 0.1) is 16.7 Å². The third-order valence-corrected chi connectivity index (χ3v) is 4.35. The van der Waals surface area contributed by atoms with Gasteiger partial charge in [-0.05, 0) is 40.9 Å². The van der Waals surface area contributed by atoms with Crippen LogP contribution in [0.25, 0.3) is 10.9 Å². The van der Waals surface area contributed by atoms with E-state index in [9.17, 15) is 0 Å². The second kappa shape index (κ2) is 5.68. The zero-order valence-electron chi connectivity index (χ0n) is 11.2. The molecule has 0 atom stereocenters. The van der Waals surface area contributed by atoms with Crippen molar-refractivity contribution in [2.75, 3.05) is 25.1 Å². The first-order chi connectivity index (χ1) is 9.72. The number of pyridine rings is 1. The Bertz CT molecular complexity index is 611. The Morgan fingerprint density at radius 1 is 1.35 bits per heavy atom. The lowest BCUT2D eigenvalue weighted by molar-refractivity contribution is 0.0628. The van der Waals surface area contributed by atoms with Gasteiger partial charge in [-0.25, -0.2) is 0 Å². The number of ether oxygens (including phenoxy) is 1. The smallest absolute Gasteiger partial charge is 0.0934 e. The van der Waals surface area contributed by atoms with Crippen molar-refractivity contribution < 1.29 is 4.74 Å². The molecule has 1 fully saturated rings. The van der Waals surface area contributed by atoms with E-state index in [1.54, 1.807) is 0 Å². The highest BCUT2D eigenvalue weighted by atomic mass is 79.9. The number of aromatic nitrogens is 1. The molecule has 1 saturated heterocycles. The molecule has 5 heteroatoms. The number of anilines is 1. The van der Waals surface area contributed by atoms with Crippen molar-refractivity contribution in [2.45, 2.75) is 18.4 Å². The van der Waals surface area contributed by atoms with E-state index < -0.39 is 0 Å². The zero-order valence-corrected chi connectivity index (χ0v) is 12.8. The van der Waals surface area contributed by atoms with Gasteiger partial charge in [0.2, 0.25) is 0 Å². The number of hydrogen-bond acceptors (Lipinski definition) is 4. The minimum Gasteiger partial charge on any atom is -0.381 e. The first-order valence-corrected chi connectivity index (χ1v) is 7.62. The SMILES string of the molecule is NCC1(Nc2cccc3cc(Br)cnc23)CCOCC1. The molecule has 1 aliphatic rings. The minimum atomic E-state index is -0.0821. The summed E-state index contributed by atoms with van der Waals surface area (Å²) in [6, 6.07) is 8.25. The summed E-state index contributed by atoms with van der Waals surface area (Å²) in [5, 5.41) is 4.74. The van der Waals surface area contributed by atoms with Crippen LogP contribution in [0, 0.1) is 0 Å². The van der Waals surface area contributed by atoms with Gasteiger partial charge in [0, 0.05) is 35.8 Å². The van der Waals surface area contributed by atoms with E-state index in [0.29, 0.717) is 6.54 Å². The van der Waals surface area contributed by atoms with Crippen molar-refractivity contribution in [3.05, 3.63) is 34.9 Å². The van der Waals surface area contributed by atoms with Gasteiger partial charge in [0.1, 0.15) is 0 Å². The van der Waals surface area contributed by atoms with E-state index in [2.05, 4.69) is 44.4 Å². The number of nitrogens with two attached hydrogens (primary N) is 1. The maximum Gasteiger partial charge on any atom is 0.0934 e. The Balaban J connectivity index is 1.97. The van der Waals surface area contributed by atoms with Crippen molar-refractivity contribution in [1.29, 1.82) is 0 Å². The maximum atomic E-state index is 6.01. The number of nitrogens with zero attached hydrogens (tertiary/aromatic N) is 1. The molecule has 2 aromatic rings. The summed E-state index contributed by atoms with van der Waals surface area (Å²) in [7, 11) is 0. The number of hydrogen-bond donors (Lipinski definition) is 2. The molecule has 0 bridgehead atoms. The fraction of sp³-hybridized carbons (Fsp3) is 0.400. The predicted octanol–water partition coefficient (Wildman–Crippen LogP) is 2.92. The van der Waals surface area contributed by atoms with Gasteiger partial charge in [-0.15, -0.1) is 0 Å². The van der Waals surface area contributed by atoms with Crippen LogP contribution in [-0.2, 0) is 4.74 Å². The summed E-state index contributed by atoms with van der Waals surface area (Å²) < 4.78 is 6.44. The van der Waals surface area contributed by atoms with Gasteiger partial charge >= 0.3 is 0 Å². The topological polar surface area (TPSA) is 60.2 Å². The number of para-hydroxylation sites is 1. The van der Waals surface area contributed by atoms with Crippen LogP contribution in [0.15, 0.2) is 34.9 Å². The molecule has 0 amide bonds. The van der Waals surface area contributed by atoms with Gasteiger partial charge < -0.3 is 15.8 Å². The highest BCUT2D eigenvalue weighted by molar-refractivity contribution is 9.10. The van der Waals surface area contributed by atoms with Gasteiger partial charge in [-0.2, -0.15) is 0 Å². The average Bonchev–Trinajstić information content (AvgIpc) is 2.48. The molecular formula is C15H18BrN3O. The summed E-state index contributed by atoms with van der Waals surface area (Å²) >= 11 is 3.46. The zero-order chi connectivity index (χ0) is 14.0. The Hall–Kier alpha value is -1.17. The molecule has 0 unspecified atom stereocenters. The third-order valence-electron chi connectivity index (χ3n) is 3.92. The highest BCUT2D eigenvalue weighted by Crippen LogP contribution is 2.30. The summed E-state index contributed by atoms with van der Waals surface area (Å²) in [5.74, 6) is 0. The summed E-state index contributed by atoms with van der Waals surface area (Å²) in [4.78, 5) is 4.53. The second-order valence-corrected chi connectivity index (χ2v) is 6.17. The van der Waals surface area contributed by atoms with Crippen LogP contribution in [0.5, 0.6) is 0 Å². The molecule has 20 heavy (non-hydrogen) atoms. The van der Waals surface area contributed by atoms with Gasteiger partial charge in [0.25, 0.3) is 0 Å². The van der Waals surface area contributed by atoms with Crippen molar-refractivity contribution in [2.24, 2.45) is 5.73 Å². The lowest BCUT2D eigenvalue weighted by Crippen LogP contribution is -2.49. The number of halogens is 1. The molecule has 3 N–H and O–H groups in total. The van der Waals surface area contributed by atoms with Crippen LogP contribution in [0.4, 0.5) is 5.69 Å². The first-order valence-electron chi connectivity index (χ1n) is 6.83. The van der Waals surface area contributed by atoms with Crippen LogP contribution in [0.1, 0.15) is 12.8 Å². The fourth-order valence-corrected chi connectivity index (χ4v) is 3.01. The first kappa shape index (κ1) is 13.8. The number of rotatable bonds is 3. The standard InChI is InChI=1S/C15H18BrN3O/c16-12-8-11-2-1-3-13(14(11)18-9-12)19-15(10-17)4-6-20-7-5-15/h1-3,8-9,19H,4-7,10,17H2. The lowest BCUT2D eigenvalue weighted by Gasteiger charge is -2.38. The van der Waals surface area contributed by atoms with E-state index in [1.165, 1.54) is 0 Å². The maximum absolute atomic E-state index is 6.01. The van der Waals surface area contributed by atoms with Crippen LogP contribution in [0.3, 0.4) is 0 Å². The monoisotopic (exact) mass is 335 g/mol. The van der Waals surface area contributed by atoms with E-state index in [-0.39, 0.29) is 5.54 Å². The lowest BCUT2D eigenvalue weighted by atomic mass is 9.89. The summed E-state index contributed by atoms with van der Waals surface area (Å²) in [6.45, 7) is 2.12. The second-order valence-electron chi connectivity index (χ2n) is 5.25. The van der Waals surface area contributed by atoms with Crippen LogP contribution in [-0.4, -0.2) is 30.3 Å². The number of benzene rings is 1. The Kier molecular flexibility index (Phi) is 3.92. The summed E-state index contributed by atoms with van der Waals surface area (Å²) in [5.41, 5.74) is 7.95. The minimum absolute atomic E-state index is 0.0821. The molecule has 0 radical (unpaired) electrons. The van der Waals surface area contributed by atoms with Crippen LogP contribution < -0.4 is 11.1 Å². The Morgan fingerprint density at radius 2 is 2.15 bits per heavy atom. The van der Waals surface area contributed by atoms with Gasteiger partial charge in [0.15, 0.2) is 0 Å². The molecule has 1 aliphatic heterocycles. The van der Waals surface area contributed by atoms with E-state index in [0.717, 1.165) is 47.1 Å². The highest BCUT2D eigenvalue weighted by Gasteiger charge is 2.31. The molecule has 1 aromatic heterocycles. The summed E-state index contributed by atoms with van der Waals surface area (Å²) in [6.07, 6.45) is 3.68. The van der Waals surface area contributed by atoms with Gasteiger partial charge in [-0.1, -0.05) is 12.1 Å². The van der Waals surface area contributed by atoms with E-state index >= 15 is 0 Å². The normalized spacial score (nSPS) is 18.1. The van der Waals surface area contributed by atoms with Gasteiger partial charge in [-0.3, -0.25) is 4.98 Å². The van der Waals surface area contributed by atoms with Crippen LogP contribution >= 0.6 is 15.9 Å². The molecule has 2 heterocycles. The molecule has 106 valence electrons. The van der Waals surface area contributed by atoms with Crippen LogP contribution in [0.2, 0.25) is 0 Å². The predicted molar refractivity (Wildman–Crippen MR) is 84.9 cm³/mol. The van der Waals surface area contributed by atoms with Crippen molar-refractivity contribution in [1.82, 2.24) is 4.98 Å². The molecular weight excluding hydrogens is 318 g/mol. The molecule has 0 aliphatic carbocycles. The quantitative estimate of drug-likeness (QED) is 0.905. The number of fused-ring (bicyclic) bond motifs is 1. The average molecular weight is 336 g/mol. The Morgan fingerprint density at radius 3 is 2.90 bits per heavy atom. The fourth-order valence-electron chi connectivity index (χ4n) is 2.66. The number of nitrogens with one attached hydrogen (secondary N) is 1. The molecule has 3 rings (SSSR count).